The quantitative estimate of drug-likeness (QED) is 0.867. The van der Waals surface area contributed by atoms with Gasteiger partial charge in [-0.05, 0) is 49.9 Å². The lowest BCUT2D eigenvalue weighted by molar-refractivity contribution is 0.468. The summed E-state index contributed by atoms with van der Waals surface area (Å²) in [4.78, 5) is 0.394. The van der Waals surface area contributed by atoms with Crippen LogP contribution < -0.4 is 5.32 Å². The third-order valence-corrected chi connectivity index (χ3v) is 5.81. The molecule has 0 spiro atoms. The van der Waals surface area contributed by atoms with Gasteiger partial charge in [0.05, 0.1) is 10.6 Å². The molecule has 1 aromatic carbocycles. The molecule has 0 aromatic heterocycles. The monoisotopic (exact) mass is 301 g/mol. The summed E-state index contributed by atoms with van der Waals surface area (Å²) in [5, 5.41) is 3.76. The van der Waals surface area contributed by atoms with Crippen molar-refractivity contribution in [2.45, 2.75) is 48.9 Å². The standard InChI is InChI=1S/C14H20ClNO2S/c1-2-19(17,18)14-9-7-13(8-10-14)16-12-5-3-11(15)4-6-12/h7-12,16H,2-6H2,1H3. The molecule has 0 bridgehead atoms. The fourth-order valence-corrected chi connectivity index (χ4v) is 3.49. The zero-order valence-electron chi connectivity index (χ0n) is 11.1. The summed E-state index contributed by atoms with van der Waals surface area (Å²) < 4.78 is 23.4. The van der Waals surface area contributed by atoms with Crippen LogP contribution in [0.5, 0.6) is 0 Å². The SMILES string of the molecule is CCS(=O)(=O)c1ccc(NC2CCC(Cl)CC2)cc1. The molecule has 19 heavy (non-hydrogen) atoms. The van der Waals surface area contributed by atoms with Crippen LogP contribution in [0, 0.1) is 0 Å². The number of anilines is 1. The van der Waals surface area contributed by atoms with Gasteiger partial charge in [0.15, 0.2) is 9.84 Å². The average Bonchev–Trinajstić information content (AvgIpc) is 2.42. The lowest BCUT2D eigenvalue weighted by Crippen LogP contribution is -2.26. The van der Waals surface area contributed by atoms with Crippen molar-refractivity contribution in [3.63, 3.8) is 0 Å². The molecule has 1 fully saturated rings. The number of alkyl halides is 1. The highest BCUT2D eigenvalue weighted by atomic mass is 35.5. The predicted octanol–water partition coefficient (Wildman–Crippen LogP) is 3.44. The van der Waals surface area contributed by atoms with E-state index >= 15 is 0 Å². The van der Waals surface area contributed by atoms with Gasteiger partial charge in [-0.25, -0.2) is 8.42 Å². The Balaban J connectivity index is 1.99. The molecule has 0 saturated heterocycles. The van der Waals surface area contributed by atoms with Crippen LogP contribution in [0.4, 0.5) is 5.69 Å². The zero-order chi connectivity index (χ0) is 13.9. The number of sulfone groups is 1. The highest BCUT2D eigenvalue weighted by Gasteiger charge is 2.19. The fraction of sp³-hybridized carbons (Fsp3) is 0.571. The lowest BCUT2D eigenvalue weighted by Gasteiger charge is -2.26. The van der Waals surface area contributed by atoms with Crippen molar-refractivity contribution in [1.82, 2.24) is 0 Å². The summed E-state index contributed by atoms with van der Waals surface area (Å²) in [6.07, 6.45) is 4.23. The molecule has 0 heterocycles. The van der Waals surface area contributed by atoms with E-state index in [1.165, 1.54) is 0 Å². The van der Waals surface area contributed by atoms with Crippen molar-refractivity contribution < 1.29 is 8.42 Å². The molecule has 3 nitrogen and oxygen atoms in total. The van der Waals surface area contributed by atoms with Crippen molar-refractivity contribution in [3.05, 3.63) is 24.3 Å². The maximum absolute atomic E-state index is 11.7. The van der Waals surface area contributed by atoms with Gasteiger partial charge < -0.3 is 5.32 Å². The normalized spacial score (nSPS) is 24.1. The van der Waals surface area contributed by atoms with Crippen LogP contribution in [-0.4, -0.2) is 25.6 Å². The van der Waals surface area contributed by atoms with Crippen LogP contribution in [-0.2, 0) is 9.84 Å². The molecule has 1 aliphatic carbocycles. The second-order valence-electron chi connectivity index (χ2n) is 5.02. The summed E-state index contributed by atoms with van der Waals surface area (Å²) in [7, 11) is -3.10. The Hall–Kier alpha value is -0.740. The van der Waals surface area contributed by atoms with Crippen LogP contribution in [0.1, 0.15) is 32.6 Å². The van der Waals surface area contributed by atoms with Gasteiger partial charge in [0.2, 0.25) is 0 Å². The van der Waals surface area contributed by atoms with Crippen molar-refractivity contribution >= 4 is 27.1 Å². The third-order valence-electron chi connectivity index (χ3n) is 3.62. The Morgan fingerprint density at radius 2 is 1.74 bits per heavy atom. The Morgan fingerprint density at radius 1 is 1.16 bits per heavy atom. The molecule has 106 valence electrons. The van der Waals surface area contributed by atoms with Crippen molar-refractivity contribution in [3.8, 4) is 0 Å². The largest absolute Gasteiger partial charge is 0.382 e. The Labute approximate surface area is 120 Å². The zero-order valence-corrected chi connectivity index (χ0v) is 12.7. The number of halogens is 1. The number of benzene rings is 1. The highest BCUT2D eigenvalue weighted by Crippen LogP contribution is 2.25. The first-order valence-corrected chi connectivity index (χ1v) is 8.83. The first-order valence-electron chi connectivity index (χ1n) is 6.74. The highest BCUT2D eigenvalue weighted by molar-refractivity contribution is 7.91. The van der Waals surface area contributed by atoms with Gasteiger partial charge in [-0.15, -0.1) is 11.6 Å². The molecule has 0 aliphatic heterocycles. The minimum Gasteiger partial charge on any atom is -0.382 e. The second-order valence-corrected chi connectivity index (χ2v) is 7.92. The molecule has 0 unspecified atom stereocenters. The van der Waals surface area contributed by atoms with Crippen molar-refractivity contribution in [1.29, 1.82) is 0 Å². The van der Waals surface area contributed by atoms with Crippen LogP contribution in [0.15, 0.2) is 29.2 Å². The molecule has 1 aliphatic rings. The van der Waals surface area contributed by atoms with E-state index in [0.717, 1.165) is 31.4 Å². The molecular weight excluding hydrogens is 282 g/mol. The van der Waals surface area contributed by atoms with Crippen molar-refractivity contribution in [2.24, 2.45) is 0 Å². The minimum atomic E-state index is -3.10. The Bertz CT molecular complexity index is 505. The molecule has 0 amide bonds. The predicted molar refractivity (Wildman–Crippen MR) is 79.7 cm³/mol. The topological polar surface area (TPSA) is 46.2 Å². The van der Waals surface area contributed by atoms with Crippen LogP contribution in [0.25, 0.3) is 0 Å². The summed E-state index contributed by atoms with van der Waals surface area (Å²) in [5.74, 6) is 0.138. The number of hydrogen-bond donors (Lipinski definition) is 1. The molecular formula is C14H20ClNO2S. The first-order chi connectivity index (χ1) is 9.01. The van der Waals surface area contributed by atoms with E-state index in [0.29, 0.717) is 16.3 Å². The summed E-state index contributed by atoms with van der Waals surface area (Å²) in [5.41, 5.74) is 0.980. The number of nitrogens with one attached hydrogen (secondary N) is 1. The third kappa shape index (κ3) is 3.86. The molecule has 2 rings (SSSR count). The Morgan fingerprint density at radius 3 is 2.26 bits per heavy atom. The molecule has 1 aromatic rings. The van der Waals surface area contributed by atoms with E-state index in [-0.39, 0.29) is 5.75 Å². The second kappa shape index (κ2) is 6.14. The number of hydrogen-bond acceptors (Lipinski definition) is 3. The van der Waals surface area contributed by atoms with Gasteiger partial charge >= 0.3 is 0 Å². The van der Waals surface area contributed by atoms with Crippen LogP contribution in [0.3, 0.4) is 0 Å². The van der Waals surface area contributed by atoms with Gasteiger partial charge in [0.1, 0.15) is 0 Å². The summed E-state index contributed by atoms with van der Waals surface area (Å²) in [6.45, 7) is 1.66. The smallest absolute Gasteiger partial charge is 0.178 e. The fourth-order valence-electron chi connectivity index (χ4n) is 2.36. The van der Waals surface area contributed by atoms with Gasteiger partial charge in [-0.2, -0.15) is 0 Å². The van der Waals surface area contributed by atoms with E-state index in [1.807, 2.05) is 12.1 Å². The van der Waals surface area contributed by atoms with E-state index < -0.39 is 9.84 Å². The molecule has 5 heteroatoms. The molecule has 1 saturated carbocycles. The number of rotatable bonds is 4. The van der Waals surface area contributed by atoms with Gasteiger partial charge in [0, 0.05) is 17.1 Å². The van der Waals surface area contributed by atoms with Crippen LogP contribution in [0.2, 0.25) is 0 Å². The van der Waals surface area contributed by atoms with Gasteiger partial charge in [0.25, 0.3) is 0 Å². The average molecular weight is 302 g/mol. The molecule has 0 radical (unpaired) electrons. The van der Waals surface area contributed by atoms with E-state index in [2.05, 4.69) is 5.32 Å². The van der Waals surface area contributed by atoms with Crippen molar-refractivity contribution in [2.75, 3.05) is 11.1 Å². The lowest BCUT2D eigenvalue weighted by atomic mass is 9.95. The van der Waals surface area contributed by atoms with Gasteiger partial charge in [-0.1, -0.05) is 6.92 Å². The summed E-state index contributed by atoms with van der Waals surface area (Å²) >= 11 is 6.08. The molecule has 1 N–H and O–H groups in total. The van der Waals surface area contributed by atoms with E-state index in [1.54, 1.807) is 19.1 Å². The van der Waals surface area contributed by atoms with Crippen LogP contribution >= 0.6 is 11.6 Å². The van der Waals surface area contributed by atoms with Gasteiger partial charge in [-0.3, -0.25) is 0 Å². The maximum atomic E-state index is 11.7. The van der Waals surface area contributed by atoms with E-state index in [9.17, 15) is 8.42 Å². The molecule has 0 atom stereocenters. The first kappa shape index (κ1) is 14.7. The summed E-state index contributed by atoms with van der Waals surface area (Å²) in [6, 6.07) is 7.48. The minimum absolute atomic E-state index is 0.138. The van der Waals surface area contributed by atoms with E-state index in [4.69, 9.17) is 11.6 Å². The maximum Gasteiger partial charge on any atom is 0.178 e. The Kier molecular flexibility index (Phi) is 4.74.